The van der Waals surface area contributed by atoms with Gasteiger partial charge >= 0.3 is 0 Å². The molecule has 0 aliphatic carbocycles. The first-order chi connectivity index (χ1) is 8.15. The van der Waals surface area contributed by atoms with Crippen LogP contribution in [0.5, 0.6) is 0 Å². The predicted octanol–water partition coefficient (Wildman–Crippen LogP) is 3.28. The fourth-order valence-corrected chi connectivity index (χ4v) is 2.18. The van der Waals surface area contributed by atoms with Crippen molar-refractivity contribution in [3.8, 4) is 0 Å². The van der Waals surface area contributed by atoms with Crippen LogP contribution in [0.3, 0.4) is 0 Å². The van der Waals surface area contributed by atoms with Gasteiger partial charge in [-0.2, -0.15) is 0 Å². The van der Waals surface area contributed by atoms with Gasteiger partial charge in [0.1, 0.15) is 0 Å². The molecule has 0 heterocycles. The van der Waals surface area contributed by atoms with Gasteiger partial charge in [0.2, 0.25) is 5.91 Å². The van der Waals surface area contributed by atoms with Gasteiger partial charge in [-0.15, -0.1) is 0 Å². The van der Waals surface area contributed by atoms with Crippen LogP contribution >= 0.6 is 15.9 Å². The van der Waals surface area contributed by atoms with E-state index in [0.717, 1.165) is 10.9 Å². The molecule has 1 amide bonds. The Hall–Kier alpha value is -1.35. The molecule has 0 radical (unpaired) electrons. The lowest BCUT2D eigenvalue weighted by Gasteiger charge is -2.05. The third kappa shape index (κ3) is 3.30. The normalized spacial score (nSPS) is 10.5. The van der Waals surface area contributed by atoms with E-state index in [1.807, 2.05) is 6.07 Å². The molecule has 2 aromatic rings. The van der Waals surface area contributed by atoms with Crippen LogP contribution in [0, 0.1) is 0 Å². The highest BCUT2D eigenvalue weighted by Crippen LogP contribution is 2.21. The minimum Gasteiger partial charge on any atom is -0.356 e. The van der Waals surface area contributed by atoms with E-state index in [4.69, 9.17) is 0 Å². The maximum Gasteiger partial charge on any atom is 0.216 e. The van der Waals surface area contributed by atoms with Crippen molar-refractivity contribution in [2.24, 2.45) is 0 Å². The number of rotatable bonds is 3. The third-order valence-electron chi connectivity index (χ3n) is 2.65. The Balaban J connectivity index is 2.14. The molecule has 0 aromatic heterocycles. The Kier molecular flexibility index (Phi) is 3.79. The van der Waals surface area contributed by atoms with Gasteiger partial charge in [0.15, 0.2) is 0 Å². The van der Waals surface area contributed by atoms with Crippen molar-refractivity contribution < 1.29 is 4.79 Å². The van der Waals surface area contributed by atoms with Crippen LogP contribution in [0.25, 0.3) is 10.8 Å². The van der Waals surface area contributed by atoms with Gasteiger partial charge in [0.05, 0.1) is 0 Å². The summed E-state index contributed by atoms with van der Waals surface area (Å²) in [6.45, 7) is 2.23. The van der Waals surface area contributed by atoms with Gasteiger partial charge in [-0.3, -0.25) is 4.79 Å². The standard InChI is InChI=1S/C14H14BrNO/c1-10(17)16-7-6-11-2-3-13-9-14(15)5-4-12(13)8-11/h2-5,8-9H,6-7H2,1H3,(H,16,17). The van der Waals surface area contributed by atoms with Gasteiger partial charge in [-0.05, 0) is 34.9 Å². The zero-order valence-electron chi connectivity index (χ0n) is 9.66. The zero-order valence-corrected chi connectivity index (χ0v) is 11.3. The van der Waals surface area contributed by atoms with Crippen molar-refractivity contribution in [2.75, 3.05) is 6.54 Å². The predicted molar refractivity (Wildman–Crippen MR) is 74.0 cm³/mol. The summed E-state index contributed by atoms with van der Waals surface area (Å²) in [5, 5.41) is 5.26. The molecule has 0 saturated heterocycles. The summed E-state index contributed by atoms with van der Waals surface area (Å²) in [7, 11) is 0. The quantitative estimate of drug-likeness (QED) is 0.924. The van der Waals surface area contributed by atoms with Crippen LogP contribution in [0.4, 0.5) is 0 Å². The number of amides is 1. The Morgan fingerprint density at radius 2 is 1.88 bits per heavy atom. The number of nitrogens with one attached hydrogen (secondary N) is 1. The highest BCUT2D eigenvalue weighted by Gasteiger charge is 1.98. The summed E-state index contributed by atoms with van der Waals surface area (Å²) in [6.07, 6.45) is 0.867. The Morgan fingerprint density at radius 3 is 2.65 bits per heavy atom. The smallest absolute Gasteiger partial charge is 0.216 e. The number of fused-ring (bicyclic) bond motifs is 1. The van der Waals surface area contributed by atoms with E-state index >= 15 is 0 Å². The van der Waals surface area contributed by atoms with E-state index in [9.17, 15) is 4.79 Å². The fourth-order valence-electron chi connectivity index (χ4n) is 1.80. The number of carbonyl (C=O) groups excluding carboxylic acids is 1. The second-order valence-corrected chi connectivity index (χ2v) is 4.97. The molecular formula is C14H14BrNO. The summed E-state index contributed by atoms with van der Waals surface area (Å²) in [4.78, 5) is 10.8. The van der Waals surface area contributed by atoms with Crippen LogP contribution < -0.4 is 5.32 Å². The first-order valence-corrected chi connectivity index (χ1v) is 6.37. The van der Waals surface area contributed by atoms with Crippen LogP contribution in [-0.2, 0) is 11.2 Å². The molecule has 3 heteroatoms. The van der Waals surface area contributed by atoms with Crippen molar-refractivity contribution in [3.63, 3.8) is 0 Å². The fraction of sp³-hybridized carbons (Fsp3) is 0.214. The molecule has 17 heavy (non-hydrogen) atoms. The molecule has 0 bridgehead atoms. The van der Waals surface area contributed by atoms with E-state index in [1.54, 1.807) is 0 Å². The number of carbonyl (C=O) groups is 1. The van der Waals surface area contributed by atoms with Crippen LogP contribution in [0.2, 0.25) is 0 Å². The first kappa shape index (κ1) is 12.1. The van der Waals surface area contributed by atoms with Gasteiger partial charge in [-0.25, -0.2) is 0 Å². The molecule has 1 N–H and O–H groups in total. The maximum absolute atomic E-state index is 10.8. The lowest BCUT2D eigenvalue weighted by atomic mass is 10.1. The SMILES string of the molecule is CC(=O)NCCc1ccc2cc(Br)ccc2c1. The minimum absolute atomic E-state index is 0.0229. The minimum atomic E-state index is 0.0229. The molecule has 2 rings (SSSR count). The average molecular weight is 292 g/mol. The van der Waals surface area contributed by atoms with E-state index in [1.165, 1.54) is 23.3 Å². The molecule has 2 aromatic carbocycles. The molecule has 0 saturated carbocycles. The summed E-state index contributed by atoms with van der Waals surface area (Å²) < 4.78 is 1.09. The lowest BCUT2D eigenvalue weighted by molar-refractivity contribution is -0.118. The first-order valence-electron chi connectivity index (χ1n) is 5.58. The lowest BCUT2D eigenvalue weighted by Crippen LogP contribution is -2.22. The molecule has 0 aliphatic heterocycles. The Bertz CT molecular complexity index is 551. The van der Waals surface area contributed by atoms with Crippen molar-refractivity contribution in [2.45, 2.75) is 13.3 Å². The monoisotopic (exact) mass is 291 g/mol. The van der Waals surface area contributed by atoms with Crippen molar-refractivity contribution in [3.05, 3.63) is 46.4 Å². The summed E-state index contributed by atoms with van der Waals surface area (Å²) in [5.41, 5.74) is 1.24. The molecular weight excluding hydrogens is 278 g/mol. The summed E-state index contributed by atoms with van der Waals surface area (Å²) in [5.74, 6) is 0.0229. The van der Waals surface area contributed by atoms with Crippen LogP contribution in [0.1, 0.15) is 12.5 Å². The number of benzene rings is 2. The molecule has 0 aliphatic rings. The van der Waals surface area contributed by atoms with E-state index in [0.29, 0.717) is 6.54 Å². The van der Waals surface area contributed by atoms with Gasteiger partial charge in [0, 0.05) is 17.9 Å². The molecule has 88 valence electrons. The second kappa shape index (κ2) is 5.32. The third-order valence-corrected chi connectivity index (χ3v) is 3.15. The Morgan fingerprint density at radius 1 is 1.18 bits per heavy atom. The van der Waals surface area contributed by atoms with E-state index in [2.05, 4.69) is 51.6 Å². The van der Waals surface area contributed by atoms with Crippen LogP contribution in [0.15, 0.2) is 40.9 Å². The van der Waals surface area contributed by atoms with Crippen LogP contribution in [-0.4, -0.2) is 12.5 Å². The average Bonchev–Trinajstić information content (AvgIpc) is 2.29. The van der Waals surface area contributed by atoms with Crippen molar-refractivity contribution >= 4 is 32.6 Å². The highest BCUT2D eigenvalue weighted by atomic mass is 79.9. The molecule has 0 fully saturated rings. The Labute approximate surface area is 109 Å². The van der Waals surface area contributed by atoms with E-state index in [-0.39, 0.29) is 5.91 Å². The molecule has 0 spiro atoms. The van der Waals surface area contributed by atoms with Gasteiger partial charge in [0.25, 0.3) is 0 Å². The number of hydrogen-bond acceptors (Lipinski definition) is 1. The number of halogens is 1. The molecule has 2 nitrogen and oxygen atoms in total. The topological polar surface area (TPSA) is 29.1 Å². The van der Waals surface area contributed by atoms with Gasteiger partial charge < -0.3 is 5.32 Å². The van der Waals surface area contributed by atoms with Gasteiger partial charge in [-0.1, -0.05) is 40.2 Å². The molecule has 0 atom stereocenters. The maximum atomic E-state index is 10.8. The van der Waals surface area contributed by atoms with E-state index < -0.39 is 0 Å². The zero-order chi connectivity index (χ0) is 12.3. The highest BCUT2D eigenvalue weighted by molar-refractivity contribution is 9.10. The van der Waals surface area contributed by atoms with Crippen molar-refractivity contribution in [1.29, 1.82) is 0 Å². The van der Waals surface area contributed by atoms with Crippen molar-refractivity contribution in [1.82, 2.24) is 5.32 Å². The summed E-state index contributed by atoms with van der Waals surface area (Å²) in [6, 6.07) is 12.6. The number of hydrogen-bond donors (Lipinski definition) is 1. The summed E-state index contributed by atoms with van der Waals surface area (Å²) >= 11 is 3.46. The molecule has 0 unspecified atom stereocenters. The largest absolute Gasteiger partial charge is 0.356 e. The second-order valence-electron chi connectivity index (χ2n) is 4.06.